The summed E-state index contributed by atoms with van der Waals surface area (Å²) in [5, 5.41) is 5.75. The van der Waals surface area contributed by atoms with Crippen molar-refractivity contribution in [2.24, 2.45) is 0 Å². The van der Waals surface area contributed by atoms with Crippen LogP contribution >= 0.6 is 11.3 Å². The number of thiophene rings is 1. The first-order chi connectivity index (χ1) is 10.5. The molecule has 3 nitrogen and oxygen atoms in total. The summed E-state index contributed by atoms with van der Waals surface area (Å²) in [7, 11) is 2.06. The normalized spacial score (nSPS) is 18.1. The fourth-order valence-corrected chi connectivity index (χ4v) is 3.44. The fourth-order valence-electron chi connectivity index (χ4n) is 2.82. The zero-order valence-electron chi connectivity index (χ0n) is 13.1. The minimum Gasteiger partial charge on any atom is -0.368 e. The third kappa shape index (κ3) is 2.79. The summed E-state index contributed by atoms with van der Waals surface area (Å²) in [6, 6.07) is 12.2. The number of amides is 1. The van der Waals surface area contributed by atoms with Gasteiger partial charge in [0.1, 0.15) is 0 Å². The second kappa shape index (κ2) is 5.61. The maximum atomic E-state index is 12.3. The lowest BCUT2D eigenvalue weighted by molar-refractivity contribution is -0.111. The van der Waals surface area contributed by atoms with Crippen LogP contribution in [-0.4, -0.2) is 23.4 Å². The molecule has 0 saturated heterocycles. The minimum absolute atomic E-state index is 0.0105. The van der Waals surface area contributed by atoms with Crippen molar-refractivity contribution in [3.8, 4) is 0 Å². The molecule has 0 spiro atoms. The quantitative estimate of drug-likeness (QED) is 0.850. The van der Waals surface area contributed by atoms with Gasteiger partial charge in [-0.2, -0.15) is 0 Å². The van der Waals surface area contributed by atoms with Crippen molar-refractivity contribution in [1.82, 2.24) is 4.90 Å². The Morgan fingerprint density at radius 1 is 1.27 bits per heavy atom. The van der Waals surface area contributed by atoms with Crippen LogP contribution < -0.4 is 5.32 Å². The number of carbonyl (C=O) groups excluding carboxylic acids is 1. The van der Waals surface area contributed by atoms with Crippen LogP contribution in [0.1, 0.15) is 25.0 Å². The molecule has 0 radical (unpaired) electrons. The van der Waals surface area contributed by atoms with E-state index in [9.17, 15) is 4.79 Å². The highest BCUT2D eigenvalue weighted by molar-refractivity contribution is 7.14. The van der Waals surface area contributed by atoms with Crippen LogP contribution in [0.15, 0.2) is 47.9 Å². The number of fused-ring (bicyclic) bond motifs is 1. The highest BCUT2D eigenvalue weighted by Crippen LogP contribution is 2.36. The average molecular weight is 312 g/mol. The molecule has 1 aromatic heterocycles. The molecule has 1 amide bonds. The number of hydrogen-bond acceptors (Lipinski definition) is 3. The zero-order chi connectivity index (χ0) is 15.7. The molecular formula is C18H20N2OS. The molecule has 22 heavy (non-hydrogen) atoms. The molecule has 2 aromatic rings. The van der Waals surface area contributed by atoms with Crippen LogP contribution in [0.4, 0.5) is 5.00 Å². The number of nitrogens with zero attached hydrogens (tertiary/aromatic N) is 1. The summed E-state index contributed by atoms with van der Waals surface area (Å²) in [5.74, 6) is -0.0863. The molecule has 1 aromatic carbocycles. The molecule has 0 saturated carbocycles. The summed E-state index contributed by atoms with van der Waals surface area (Å²) in [6.45, 7) is 4.40. The Kier molecular flexibility index (Phi) is 3.79. The van der Waals surface area contributed by atoms with Crippen LogP contribution in [0.5, 0.6) is 0 Å². The van der Waals surface area contributed by atoms with Gasteiger partial charge in [-0.3, -0.25) is 4.79 Å². The summed E-state index contributed by atoms with van der Waals surface area (Å²) in [4.78, 5) is 14.5. The van der Waals surface area contributed by atoms with Gasteiger partial charge in [0, 0.05) is 29.9 Å². The van der Waals surface area contributed by atoms with Crippen molar-refractivity contribution >= 4 is 27.9 Å². The van der Waals surface area contributed by atoms with Crippen LogP contribution in [0.2, 0.25) is 0 Å². The monoisotopic (exact) mass is 312 g/mol. The number of carbonyl (C=O) groups is 1. The van der Waals surface area contributed by atoms with Gasteiger partial charge in [-0.15, -0.1) is 11.3 Å². The third-order valence-electron chi connectivity index (χ3n) is 4.22. The van der Waals surface area contributed by atoms with E-state index in [1.807, 2.05) is 23.6 Å². The van der Waals surface area contributed by atoms with Crippen LogP contribution in [-0.2, 0) is 11.2 Å². The van der Waals surface area contributed by atoms with Crippen molar-refractivity contribution in [1.29, 1.82) is 0 Å². The van der Waals surface area contributed by atoms with Gasteiger partial charge in [0.2, 0.25) is 0 Å². The van der Waals surface area contributed by atoms with E-state index in [0.717, 1.165) is 22.7 Å². The highest BCUT2D eigenvalue weighted by atomic mass is 32.1. The Balaban J connectivity index is 1.96. The maximum Gasteiger partial charge on any atom is 0.251 e. The smallest absolute Gasteiger partial charge is 0.251 e. The Hall–Kier alpha value is -2.07. The van der Waals surface area contributed by atoms with Gasteiger partial charge in [-0.05, 0) is 43.3 Å². The molecular weight excluding hydrogens is 292 g/mol. The van der Waals surface area contributed by atoms with E-state index in [1.54, 1.807) is 6.08 Å². The summed E-state index contributed by atoms with van der Waals surface area (Å²) in [5.41, 5.74) is 3.40. The van der Waals surface area contributed by atoms with E-state index in [2.05, 4.69) is 49.3 Å². The van der Waals surface area contributed by atoms with Gasteiger partial charge >= 0.3 is 0 Å². The second-order valence-electron chi connectivity index (χ2n) is 6.20. The molecule has 114 valence electrons. The standard InChI is InChI=1S/C18H20N2OS/c1-18(2)12-13-7-4-5-8-14(13)15(20(18)3)11-16(21)19-17-9-6-10-22-17/h4-11H,12H2,1-3H3,(H,19,21)/b15-11-. The van der Waals surface area contributed by atoms with E-state index < -0.39 is 0 Å². The number of rotatable bonds is 2. The van der Waals surface area contributed by atoms with Gasteiger partial charge in [0.15, 0.2) is 0 Å². The first-order valence-electron chi connectivity index (χ1n) is 7.36. The van der Waals surface area contributed by atoms with Crippen LogP contribution in [0, 0.1) is 0 Å². The Morgan fingerprint density at radius 2 is 2.05 bits per heavy atom. The summed E-state index contributed by atoms with van der Waals surface area (Å²) < 4.78 is 0. The largest absolute Gasteiger partial charge is 0.368 e. The SMILES string of the molecule is CN1/C(=C\C(=O)Nc2cccs2)c2ccccc2CC1(C)C. The predicted octanol–water partition coefficient (Wildman–Crippen LogP) is 3.99. The van der Waals surface area contributed by atoms with Gasteiger partial charge in [0.05, 0.1) is 5.00 Å². The molecule has 1 N–H and O–H groups in total. The summed E-state index contributed by atoms with van der Waals surface area (Å²) in [6.07, 6.45) is 2.68. The number of benzene rings is 1. The third-order valence-corrected chi connectivity index (χ3v) is 5.01. The second-order valence-corrected chi connectivity index (χ2v) is 7.15. The van der Waals surface area contributed by atoms with Crippen molar-refractivity contribution in [3.63, 3.8) is 0 Å². The zero-order valence-corrected chi connectivity index (χ0v) is 13.9. The van der Waals surface area contributed by atoms with Crippen LogP contribution in [0.3, 0.4) is 0 Å². The molecule has 0 atom stereocenters. The van der Waals surface area contributed by atoms with Gasteiger partial charge < -0.3 is 10.2 Å². The maximum absolute atomic E-state index is 12.3. The molecule has 0 fully saturated rings. The number of hydrogen-bond donors (Lipinski definition) is 1. The van der Waals surface area contributed by atoms with Crippen LogP contribution in [0.25, 0.3) is 5.70 Å². The topological polar surface area (TPSA) is 32.3 Å². The van der Waals surface area contributed by atoms with E-state index >= 15 is 0 Å². The Labute approximate surface area is 135 Å². The molecule has 4 heteroatoms. The van der Waals surface area contributed by atoms with Gasteiger partial charge in [-0.1, -0.05) is 24.3 Å². The molecule has 0 aliphatic carbocycles. The van der Waals surface area contributed by atoms with E-state index in [1.165, 1.54) is 16.9 Å². The Morgan fingerprint density at radius 3 is 2.77 bits per heavy atom. The van der Waals surface area contributed by atoms with Gasteiger partial charge in [0.25, 0.3) is 5.91 Å². The molecule has 0 unspecified atom stereocenters. The first kappa shape index (κ1) is 14.9. The lowest BCUT2D eigenvalue weighted by atomic mass is 9.84. The van der Waals surface area contributed by atoms with E-state index in [-0.39, 0.29) is 11.4 Å². The predicted molar refractivity (Wildman–Crippen MR) is 92.9 cm³/mol. The minimum atomic E-state index is -0.0863. The average Bonchev–Trinajstić information content (AvgIpc) is 2.96. The van der Waals surface area contributed by atoms with E-state index in [0.29, 0.717) is 0 Å². The fraction of sp³-hybridized carbons (Fsp3) is 0.278. The van der Waals surface area contributed by atoms with Crippen molar-refractivity contribution in [2.75, 3.05) is 12.4 Å². The molecule has 1 aliphatic rings. The lowest BCUT2D eigenvalue weighted by Gasteiger charge is -2.44. The Bertz CT molecular complexity index is 716. The number of anilines is 1. The summed E-state index contributed by atoms with van der Waals surface area (Å²) >= 11 is 1.52. The molecule has 2 heterocycles. The molecule has 1 aliphatic heterocycles. The number of likely N-dealkylation sites (N-methyl/N-ethyl adjacent to an activating group) is 1. The first-order valence-corrected chi connectivity index (χ1v) is 8.24. The van der Waals surface area contributed by atoms with Gasteiger partial charge in [-0.25, -0.2) is 0 Å². The van der Waals surface area contributed by atoms with E-state index in [4.69, 9.17) is 0 Å². The lowest BCUT2D eigenvalue weighted by Crippen LogP contribution is -2.45. The number of nitrogens with one attached hydrogen (secondary N) is 1. The molecule has 0 bridgehead atoms. The van der Waals surface area contributed by atoms with Crippen molar-refractivity contribution < 1.29 is 4.79 Å². The highest BCUT2D eigenvalue weighted by Gasteiger charge is 2.33. The van der Waals surface area contributed by atoms with Crippen molar-refractivity contribution in [2.45, 2.75) is 25.8 Å². The van der Waals surface area contributed by atoms with Crippen molar-refractivity contribution in [3.05, 3.63) is 59.0 Å². The molecule has 3 rings (SSSR count).